The maximum atomic E-state index is 13.4. The number of fused-ring (bicyclic) bond motifs is 1. The quantitative estimate of drug-likeness (QED) is 0.174. The molecule has 5 aromatic rings. The van der Waals surface area contributed by atoms with E-state index in [0.29, 0.717) is 27.8 Å². The van der Waals surface area contributed by atoms with Crippen molar-refractivity contribution in [2.75, 3.05) is 23.9 Å². The summed E-state index contributed by atoms with van der Waals surface area (Å²) in [5, 5.41) is 7.17. The molecule has 0 unspecified atom stereocenters. The highest BCUT2D eigenvalue weighted by Gasteiger charge is 2.11. The molecule has 206 valence electrons. The molecule has 8 nitrogen and oxygen atoms in total. The minimum Gasteiger partial charge on any atom is -0.487 e. The highest BCUT2D eigenvalue weighted by Crippen LogP contribution is 2.32. The number of nitrogens with zero attached hydrogens (tertiary/aromatic N) is 3. The Morgan fingerprint density at radius 3 is 2.73 bits per heavy atom. The van der Waals surface area contributed by atoms with Gasteiger partial charge in [-0.15, -0.1) is 11.3 Å². The lowest BCUT2D eigenvalue weighted by Crippen LogP contribution is -2.09. The first-order valence-electron chi connectivity index (χ1n) is 12.1. The Labute approximate surface area is 239 Å². The van der Waals surface area contributed by atoms with Crippen LogP contribution in [0.3, 0.4) is 0 Å². The van der Waals surface area contributed by atoms with Crippen LogP contribution in [0.25, 0.3) is 22.2 Å². The van der Waals surface area contributed by atoms with Gasteiger partial charge in [-0.1, -0.05) is 29.8 Å². The van der Waals surface area contributed by atoms with Gasteiger partial charge in [-0.25, -0.2) is 27.8 Å². The molecule has 0 atom stereocenters. The fourth-order valence-corrected chi connectivity index (χ4v) is 5.21. The number of nitrogens with one attached hydrogen (secondary N) is 1. The first kappa shape index (κ1) is 27.9. The summed E-state index contributed by atoms with van der Waals surface area (Å²) in [6.45, 7) is 0.557. The normalized spacial score (nSPS) is 11.6. The van der Waals surface area contributed by atoms with E-state index in [9.17, 15) is 12.8 Å². The smallest absolute Gasteiger partial charge is 0.149 e. The molecule has 0 spiro atoms. The number of benzene rings is 3. The van der Waals surface area contributed by atoms with E-state index < -0.39 is 9.84 Å². The monoisotopic (exact) mass is 598 g/mol. The molecule has 2 aromatic heterocycles. The largest absolute Gasteiger partial charge is 0.487 e. The van der Waals surface area contributed by atoms with E-state index >= 15 is 0 Å². The lowest BCUT2D eigenvalue weighted by atomic mass is 10.1. The second kappa shape index (κ2) is 12.3. The van der Waals surface area contributed by atoms with Crippen molar-refractivity contribution in [1.29, 1.82) is 0 Å². The zero-order valence-corrected chi connectivity index (χ0v) is 23.7. The zero-order chi connectivity index (χ0) is 28.1. The number of hydrogen-bond donors (Lipinski definition) is 1. The third-order valence-electron chi connectivity index (χ3n) is 5.78. The maximum absolute atomic E-state index is 13.4. The number of ether oxygens (including phenoxy) is 2. The Hall–Kier alpha value is -3.64. The van der Waals surface area contributed by atoms with Gasteiger partial charge < -0.3 is 14.8 Å². The molecule has 0 amide bonds. The Bertz CT molecular complexity index is 1760. The van der Waals surface area contributed by atoms with Crippen molar-refractivity contribution in [3.8, 4) is 17.0 Å². The van der Waals surface area contributed by atoms with E-state index in [1.54, 1.807) is 24.3 Å². The second-order valence-corrected chi connectivity index (χ2v) is 12.6. The number of sulfone groups is 1. The number of aromatic nitrogens is 3. The molecular weight excluding hydrogens is 575 g/mol. The molecule has 1 N–H and O–H groups in total. The van der Waals surface area contributed by atoms with Crippen LogP contribution < -0.4 is 10.1 Å². The fourth-order valence-electron chi connectivity index (χ4n) is 3.82. The van der Waals surface area contributed by atoms with E-state index in [4.69, 9.17) is 21.1 Å². The van der Waals surface area contributed by atoms with Crippen molar-refractivity contribution < 1.29 is 22.3 Å². The van der Waals surface area contributed by atoms with E-state index in [-0.39, 0.29) is 31.4 Å². The Kier molecular flexibility index (Phi) is 8.55. The second-order valence-electron chi connectivity index (χ2n) is 8.95. The van der Waals surface area contributed by atoms with Crippen molar-refractivity contribution in [1.82, 2.24) is 15.0 Å². The van der Waals surface area contributed by atoms with Crippen LogP contribution in [0, 0.1) is 5.82 Å². The maximum Gasteiger partial charge on any atom is 0.149 e. The molecular formula is C28H24ClFN4O4S2. The summed E-state index contributed by atoms with van der Waals surface area (Å²) in [5.74, 6) is 0.724. The molecule has 0 aliphatic carbocycles. The van der Waals surface area contributed by atoms with Gasteiger partial charge in [0.15, 0.2) is 0 Å². The average Bonchev–Trinajstić information content (AvgIpc) is 3.39. The summed E-state index contributed by atoms with van der Waals surface area (Å²) >= 11 is 7.91. The summed E-state index contributed by atoms with van der Waals surface area (Å²) in [5.41, 5.74) is 3.81. The lowest BCUT2D eigenvalue weighted by molar-refractivity contribution is 0.135. The third kappa shape index (κ3) is 7.30. The fraction of sp³-hybridized carbons (Fsp3) is 0.179. The minimum absolute atomic E-state index is 0.0262. The summed E-state index contributed by atoms with van der Waals surface area (Å²) in [6, 6.07) is 17.3. The van der Waals surface area contributed by atoms with Gasteiger partial charge in [-0.3, -0.25) is 0 Å². The molecule has 0 aliphatic rings. The Balaban J connectivity index is 1.29. The standard InChI is InChI=1S/C28H24ClFN4O4S2/c1-40(35,36)10-9-37-15-27-34-25(16-39-27)19-5-7-24-22(12-19)28(32-17-31-24)33-21-6-8-26(23(29)13-21)38-14-18-3-2-4-20(30)11-18/h2-8,11-13,16-17H,9-10,14-15H2,1H3,(H,31,32,33). The molecule has 2 heterocycles. The first-order valence-corrected chi connectivity index (χ1v) is 15.4. The highest BCUT2D eigenvalue weighted by molar-refractivity contribution is 7.90. The summed E-state index contributed by atoms with van der Waals surface area (Å²) < 4.78 is 47.2. The van der Waals surface area contributed by atoms with Crippen LogP contribution in [0.2, 0.25) is 5.02 Å². The molecule has 0 bridgehead atoms. The topological polar surface area (TPSA) is 103 Å². The number of thiazole rings is 1. The van der Waals surface area contributed by atoms with Crippen LogP contribution in [0.5, 0.6) is 5.75 Å². The molecule has 0 saturated carbocycles. The number of anilines is 2. The van der Waals surface area contributed by atoms with Gasteiger partial charge in [-0.05, 0) is 48.0 Å². The first-order chi connectivity index (χ1) is 19.2. The van der Waals surface area contributed by atoms with Gasteiger partial charge in [0.25, 0.3) is 0 Å². The average molecular weight is 599 g/mol. The minimum atomic E-state index is -3.07. The van der Waals surface area contributed by atoms with Crippen molar-refractivity contribution in [3.63, 3.8) is 0 Å². The molecule has 5 rings (SSSR count). The predicted octanol–water partition coefficient (Wildman–Crippen LogP) is 6.43. The van der Waals surface area contributed by atoms with Crippen molar-refractivity contribution >= 4 is 55.2 Å². The van der Waals surface area contributed by atoms with Crippen LogP contribution in [0.4, 0.5) is 15.9 Å². The number of hydrogen-bond acceptors (Lipinski definition) is 9. The number of rotatable bonds is 11. The lowest BCUT2D eigenvalue weighted by Gasteiger charge is -2.12. The van der Waals surface area contributed by atoms with E-state index in [0.717, 1.165) is 27.2 Å². The van der Waals surface area contributed by atoms with Gasteiger partial charge in [0, 0.05) is 28.3 Å². The van der Waals surface area contributed by atoms with Crippen LogP contribution >= 0.6 is 22.9 Å². The molecule has 0 fully saturated rings. The summed E-state index contributed by atoms with van der Waals surface area (Å²) in [7, 11) is -3.07. The third-order valence-corrected chi connectivity index (χ3v) is 7.81. The van der Waals surface area contributed by atoms with Gasteiger partial charge in [0.1, 0.15) is 45.2 Å². The Morgan fingerprint density at radius 2 is 1.93 bits per heavy atom. The summed E-state index contributed by atoms with van der Waals surface area (Å²) in [6.07, 6.45) is 2.66. The molecule has 0 radical (unpaired) electrons. The zero-order valence-electron chi connectivity index (χ0n) is 21.3. The van der Waals surface area contributed by atoms with Gasteiger partial charge in [0.05, 0.1) is 35.2 Å². The van der Waals surface area contributed by atoms with Crippen LogP contribution in [-0.2, 0) is 27.8 Å². The van der Waals surface area contributed by atoms with Crippen LogP contribution in [-0.4, -0.2) is 42.0 Å². The van der Waals surface area contributed by atoms with E-state index in [1.165, 1.54) is 36.1 Å². The Morgan fingerprint density at radius 1 is 1.05 bits per heavy atom. The van der Waals surface area contributed by atoms with Crippen LogP contribution in [0.1, 0.15) is 10.6 Å². The van der Waals surface area contributed by atoms with E-state index in [1.807, 2.05) is 29.6 Å². The van der Waals surface area contributed by atoms with Crippen molar-refractivity contribution in [2.24, 2.45) is 0 Å². The molecule has 12 heteroatoms. The number of halogens is 2. The summed E-state index contributed by atoms with van der Waals surface area (Å²) in [4.78, 5) is 13.4. The van der Waals surface area contributed by atoms with Gasteiger partial charge in [-0.2, -0.15) is 0 Å². The van der Waals surface area contributed by atoms with E-state index in [2.05, 4.69) is 20.3 Å². The SMILES string of the molecule is CS(=O)(=O)CCOCc1nc(-c2ccc3ncnc(Nc4ccc(OCc5cccc(F)c5)c(Cl)c4)c3c2)cs1. The molecule has 40 heavy (non-hydrogen) atoms. The van der Waals surface area contributed by atoms with Gasteiger partial charge >= 0.3 is 0 Å². The molecule has 0 aliphatic heterocycles. The van der Waals surface area contributed by atoms with Crippen LogP contribution in [0.15, 0.2) is 72.4 Å². The predicted molar refractivity (Wildman–Crippen MR) is 155 cm³/mol. The molecule has 0 saturated heterocycles. The van der Waals surface area contributed by atoms with Gasteiger partial charge in [0.2, 0.25) is 0 Å². The molecule has 3 aromatic carbocycles. The highest BCUT2D eigenvalue weighted by atomic mass is 35.5. The van der Waals surface area contributed by atoms with Crippen molar-refractivity contribution in [3.05, 3.63) is 93.8 Å². The van der Waals surface area contributed by atoms with Crippen molar-refractivity contribution in [2.45, 2.75) is 13.2 Å².